The summed E-state index contributed by atoms with van der Waals surface area (Å²) in [4.78, 5) is 28.9. The Morgan fingerprint density at radius 2 is 1.84 bits per heavy atom. The van der Waals surface area contributed by atoms with Crippen molar-refractivity contribution in [2.75, 3.05) is 10.0 Å². The van der Waals surface area contributed by atoms with Gasteiger partial charge in [-0.3, -0.25) is 14.3 Å². The van der Waals surface area contributed by atoms with E-state index in [2.05, 4.69) is 15.0 Å². The van der Waals surface area contributed by atoms with Crippen LogP contribution in [0.1, 0.15) is 21.7 Å². The predicted octanol–water partition coefficient (Wildman–Crippen LogP) is 3.92. The molecule has 158 valence electrons. The number of carbonyl (C=O) groups excluding carboxylic acids is 1. The summed E-state index contributed by atoms with van der Waals surface area (Å²) in [6.07, 6.45) is 1.50. The van der Waals surface area contributed by atoms with Gasteiger partial charge in [0.25, 0.3) is 15.9 Å². The summed E-state index contributed by atoms with van der Waals surface area (Å²) < 4.78 is 32.9. The van der Waals surface area contributed by atoms with E-state index in [-0.39, 0.29) is 21.2 Å². The average Bonchev–Trinajstić information content (AvgIpc) is 3.23. The van der Waals surface area contributed by atoms with Gasteiger partial charge < -0.3 is 9.73 Å². The number of fused-ring (bicyclic) bond motifs is 1. The van der Waals surface area contributed by atoms with Crippen molar-refractivity contribution in [3.05, 3.63) is 81.2 Å². The van der Waals surface area contributed by atoms with Crippen LogP contribution in [0.5, 0.6) is 0 Å². The lowest BCUT2D eigenvalue weighted by molar-refractivity contribution is 0.0997. The summed E-state index contributed by atoms with van der Waals surface area (Å²) >= 11 is 1.16. The van der Waals surface area contributed by atoms with Gasteiger partial charge in [-0.1, -0.05) is 6.07 Å². The summed E-state index contributed by atoms with van der Waals surface area (Å²) in [5.74, 6) is -0.746. The molecule has 0 saturated carbocycles. The van der Waals surface area contributed by atoms with Crippen LogP contribution in [0.4, 0.5) is 10.8 Å². The van der Waals surface area contributed by atoms with E-state index in [1.165, 1.54) is 30.5 Å². The fraction of sp³-hybridized carbons (Fsp3) is 0.0952. The van der Waals surface area contributed by atoms with Gasteiger partial charge in [0.2, 0.25) is 0 Å². The number of nitrogens with one attached hydrogen (secondary N) is 2. The van der Waals surface area contributed by atoms with Crippen molar-refractivity contribution in [2.45, 2.75) is 18.7 Å². The molecule has 2 aromatic carbocycles. The van der Waals surface area contributed by atoms with Crippen LogP contribution in [0, 0.1) is 13.8 Å². The molecule has 0 radical (unpaired) electrons. The zero-order chi connectivity index (χ0) is 22.2. The Kier molecular flexibility index (Phi) is 5.34. The van der Waals surface area contributed by atoms with E-state index in [0.29, 0.717) is 16.7 Å². The SMILES string of the molecule is Cc1ccc2c(=O)cc(C(=O)Nc3ccc(S(=O)(=O)Nc4nccs4)cc3)oc2c1C. The highest BCUT2D eigenvalue weighted by molar-refractivity contribution is 7.93. The Morgan fingerprint density at radius 3 is 2.52 bits per heavy atom. The second kappa shape index (κ2) is 7.97. The molecule has 0 unspecified atom stereocenters. The molecule has 4 rings (SSSR count). The van der Waals surface area contributed by atoms with E-state index in [1.807, 2.05) is 19.9 Å². The van der Waals surface area contributed by atoms with Crippen LogP contribution in [0.3, 0.4) is 0 Å². The van der Waals surface area contributed by atoms with E-state index < -0.39 is 15.9 Å². The molecule has 0 aliphatic carbocycles. The first-order chi connectivity index (χ1) is 14.7. The van der Waals surface area contributed by atoms with E-state index >= 15 is 0 Å². The number of rotatable bonds is 5. The summed E-state index contributed by atoms with van der Waals surface area (Å²) in [6, 6.07) is 10.2. The second-order valence-electron chi connectivity index (χ2n) is 6.78. The lowest BCUT2D eigenvalue weighted by Crippen LogP contribution is -2.16. The van der Waals surface area contributed by atoms with Crippen molar-refractivity contribution in [3.63, 3.8) is 0 Å². The van der Waals surface area contributed by atoms with Crippen molar-refractivity contribution in [1.29, 1.82) is 0 Å². The molecule has 0 atom stereocenters. The molecule has 0 fully saturated rings. The van der Waals surface area contributed by atoms with Crippen molar-refractivity contribution in [2.24, 2.45) is 0 Å². The Hall–Kier alpha value is -3.50. The van der Waals surface area contributed by atoms with E-state index in [9.17, 15) is 18.0 Å². The average molecular weight is 456 g/mol. The van der Waals surface area contributed by atoms with E-state index in [0.717, 1.165) is 28.5 Å². The molecule has 8 nitrogen and oxygen atoms in total. The van der Waals surface area contributed by atoms with Gasteiger partial charge in [0, 0.05) is 23.3 Å². The van der Waals surface area contributed by atoms with Crippen LogP contribution < -0.4 is 15.5 Å². The van der Waals surface area contributed by atoms with Crippen LogP contribution in [-0.2, 0) is 10.0 Å². The minimum Gasteiger partial charge on any atom is -0.450 e. The van der Waals surface area contributed by atoms with Gasteiger partial charge in [-0.2, -0.15) is 0 Å². The van der Waals surface area contributed by atoms with E-state index in [4.69, 9.17) is 4.42 Å². The smallest absolute Gasteiger partial charge is 0.291 e. The highest BCUT2D eigenvalue weighted by Crippen LogP contribution is 2.22. The lowest BCUT2D eigenvalue weighted by Gasteiger charge is -2.09. The molecule has 4 aromatic rings. The van der Waals surface area contributed by atoms with Gasteiger partial charge in [0.1, 0.15) is 5.58 Å². The number of amides is 1. The normalized spacial score (nSPS) is 11.4. The van der Waals surface area contributed by atoms with Gasteiger partial charge in [-0.25, -0.2) is 13.4 Å². The predicted molar refractivity (Wildman–Crippen MR) is 119 cm³/mol. The third-order valence-corrected chi connectivity index (χ3v) is 6.89. The molecule has 1 amide bonds. The fourth-order valence-electron chi connectivity index (χ4n) is 2.92. The molecule has 10 heteroatoms. The number of carbonyl (C=O) groups is 1. The van der Waals surface area contributed by atoms with Gasteiger partial charge in [0.05, 0.1) is 10.3 Å². The molecule has 2 heterocycles. The minimum atomic E-state index is -3.79. The zero-order valence-electron chi connectivity index (χ0n) is 16.5. The number of aromatic nitrogens is 1. The second-order valence-corrected chi connectivity index (χ2v) is 9.36. The number of thiazole rings is 1. The van der Waals surface area contributed by atoms with E-state index in [1.54, 1.807) is 11.4 Å². The molecule has 2 N–H and O–H groups in total. The first kappa shape index (κ1) is 20.8. The quantitative estimate of drug-likeness (QED) is 0.471. The third-order valence-electron chi connectivity index (χ3n) is 4.72. The molecule has 0 aliphatic heterocycles. The largest absolute Gasteiger partial charge is 0.450 e. The van der Waals surface area contributed by atoms with Crippen molar-refractivity contribution in [3.8, 4) is 0 Å². The Balaban J connectivity index is 1.56. The maximum absolute atomic E-state index is 12.6. The van der Waals surface area contributed by atoms with Gasteiger partial charge in [0.15, 0.2) is 16.3 Å². The molecule has 0 spiro atoms. The number of nitrogens with zero attached hydrogens (tertiary/aromatic N) is 1. The number of hydrogen-bond acceptors (Lipinski definition) is 7. The first-order valence-corrected chi connectivity index (χ1v) is 11.5. The standard InChI is InChI=1S/C21H17N3O5S2/c1-12-3-8-16-17(25)11-18(29-19(16)13(12)2)20(26)23-14-4-6-15(7-5-14)31(27,28)24-21-22-9-10-30-21/h3-11H,1-2H3,(H,22,24)(H,23,26). The number of anilines is 2. The number of aryl methyl sites for hydroxylation is 2. The van der Waals surface area contributed by atoms with Crippen LogP contribution in [-0.4, -0.2) is 19.3 Å². The van der Waals surface area contributed by atoms with Crippen LogP contribution >= 0.6 is 11.3 Å². The highest BCUT2D eigenvalue weighted by atomic mass is 32.2. The maximum Gasteiger partial charge on any atom is 0.291 e. The van der Waals surface area contributed by atoms with Crippen molar-refractivity contribution < 1.29 is 17.6 Å². The number of benzene rings is 2. The van der Waals surface area contributed by atoms with Crippen LogP contribution in [0.25, 0.3) is 11.0 Å². The first-order valence-electron chi connectivity index (χ1n) is 9.12. The monoisotopic (exact) mass is 455 g/mol. The van der Waals surface area contributed by atoms with Crippen LogP contribution in [0.2, 0.25) is 0 Å². The Bertz CT molecular complexity index is 1440. The molecule has 0 aliphatic rings. The summed E-state index contributed by atoms with van der Waals surface area (Å²) in [5, 5.41) is 4.93. The summed E-state index contributed by atoms with van der Waals surface area (Å²) in [6.45, 7) is 3.71. The molecule has 31 heavy (non-hydrogen) atoms. The van der Waals surface area contributed by atoms with Crippen molar-refractivity contribution in [1.82, 2.24) is 4.98 Å². The highest BCUT2D eigenvalue weighted by Gasteiger charge is 2.17. The Morgan fingerprint density at radius 1 is 1.10 bits per heavy atom. The Labute approximate surface area is 181 Å². The number of sulfonamides is 1. The number of hydrogen-bond donors (Lipinski definition) is 2. The van der Waals surface area contributed by atoms with Crippen LogP contribution in [0.15, 0.2) is 68.1 Å². The fourth-order valence-corrected chi connectivity index (χ4v) is 4.71. The molecule has 2 aromatic heterocycles. The van der Waals surface area contributed by atoms with Gasteiger partial charge in [-0.05, 0) is 55.3 Å². The summed E-state index contributed by atoms with van der Waals surface area (Å²) in [5.41, 5.74) is 2.13. The molecule has 0 bridgehead atoms. The summed E-state index contributed by atoms with van der Waals surface area (Å²) in [7, 11) is -3.79. The zero-order valence-corrected chi connectivity index (χ0v) is 18.1. The molecular weight excluding hydrogens is 438 g/mol. The van der Waals surface area contributed by atoms with Gasteiger partial charge >= 0.3 is 0 Å². The molecule has 0 saturated heterocycles. The van der Waals surface area contributed by atoms with Crippen molar-refractivity contribution >= 4 is 49.1 Å². The van der Waals surface area contributed by atoms with Gasteiger partial charge in [-0.15, -0.1) is 11.3 Å². The third kappa shape index (κ3) is 4.21. The maximum atomic E-state index is 12.6. The lowest BCUT2D eigenvalue weighted by atomic mass is 10.1. The topological polar surface area (TPSA) is 118 Å². The molecular formula is C21H17N3O5S2. The minimum absolute atomic E-state index is 0.0176.